The van der Waals surface area contributed by atoms with Gasteiger partial charge in [-0.25, -0.2) is 4.79 Å². The SMILES string of the molecule is CSC1CCCC1Nc1c(C(=O)O)c(C)nn1C. The van der Waals surface area contributed by atoms with E-state index in [1.54, 1.807) is 18.7 Å². The molecule has 18 heavy (non-hydrogen) atoms. The Morgan fingerprint density at radius 2 is 2.28 bits per heavy atom. The Hall–Kier alpha value is -1.17. The summed E-state index contributed by atoms with van der Waals surface area (Å²) >= 11 is 1.85. The molecule has 2 rings (SSSR count). The number of hydrogen-bond donors (Lipinski definition) is 2. The molecule has 5 nitrogen and oxygen atoms in total. The van der Waals surface area contributed by atoms with Gasteiger partial charge in [0.05, 0.1) is 5.69 Å². The molecule has 0 aromatic carbocycles. The standard InChI is InChI=1S/C12H19N3O2S/c1-7-10(12(16)17)11(15(2)14-7)13-8-5-4-6-9(8)18-3/h8-9,13H,4-6H2,1-3H3,(H,16,17). The second-order valence-electron chi connectivity index (χ2n) is 4.69. The number of carboxylic acids is 1. The molecule has 100 valence electrons. The van der Waals surface area contributed by atoms with E-state index in [4.69, 9.17) is 0 Å². The minimum atomic E-state index is -0.915. The summed E-state index contributed by atoms with van der Waals surface area (Å²) in [5.74, 6) is -0.284. The first-order valence-corrected chi connectivity index (χ1v) is 7.39. The summed E-state index contributed by atoms with van der Waals surface area (Å²) in [6, 6.07) is 0.341. The van der Waals surface area contributed by atoms with Crippen molar-refractivity contribution in [3.8, 4) is 0 Å². The molecule has 1 fully saturated rings. The number of nitrogens with zero attached hydrogens (tertiary/aromatic N) is 2. The van der Waals surface area contributed by atoms with Crippen molar-refractivity contribution in [1.29, 1.82) is 0 Å². The van der Waals surface area contributed by atoms with Gasteiger partial charge in [0.2, 0.25) is 0 Å². The zero-order valence-electron chi connectivity index (χ0n) is 10.9. The highest BCUT2D eigenvalue weighted by atomic mass is 32.2. The number of aryl methyl sites for hydroxylation is 2. The normalized spacial score (nSPS) is 23.3. The molecule has 0 spiro atoms. The number of rotatable bonds is 4. The van der Waals surface area contributed by atoms with Crippen LogP contribution in [-0.4, -0.2) is 38.4 Å². The Morgan fingerprint density at radius 1 is 1.56 bits per heavy atom. The lowest BCUT2D eigenvalue weighted by Crippen LogP contribution is -2.27. The van der Waals surface area contributed by atoms with Gasteiger partial charge in [0, 0.05) is 18.3 Å². The second-order valence-corrected chi connectivity index (χ2v) is 5.77. The Labute approximate surface area is 111 Å². The Kier molecular flexibility index (Phi) is 3.85. The molecule has 0 saturated heterocycles. The minimum absolute atomic E-state index is 0.296. The van der Waals surface area contributed by atoms with Crippen LogP contribution in [0, 0.1) is 6.92 Å². The fourth-order valence-corrected chi connectivity index (χ4v) is 3.56. The van der Waals surface area contributed by atoms with E-state index in [0.717, 1.165) is 6.42 Å². The Bertz CT molecular complexity index is 458. The maximum absolute atomic E-state index is 11.3. The van der Waals surface area contributed by atoms with Crippen molar-refractivity contribution < 1.29 is 9.90 Å². The number of carboxylic acid groups (broad SMARTS) is 1. The quantitative estimate of drug-likeness (QED) is 0.876. The Balaban J connectivity index is 2.26. The summed E-state index contributed by atoms with van der Waals surface area (Å²) in [6.07, 6.45) is 5.59. The highest BCUT2D eigenvalue weighted by Crippen LogP contribution is 2.32. The van der Waals surface area contributed by atoms with Crippen molar-refractivity contribution >= 4 is 23.5 Å². The first-order valence-electron chi connectivity index (χ1n) is 6.10. The number of anilines is 1. The lowest BCUT2D eigenvalue weighted by Gasteiger charge is -2.20. The van der Waals surface area contributed by atoms with Crippen molar-refractivity contribution in [2.24, 2.45) is 7.05 Å². The highest BCUT2D eigenvalue weighted by molar-refractivity contribution is 7.99. The third-order valence-electron chi connectivity index (χ3n) is 3.51. The third kappa shape index (κ3) is 2.34. The van der Waals surface area contributed by atoms with Crippen LogP contribution in [0.1, 0.15) is 35.3 Å². The molecule has 1 aromatic rings. The molecule has 2 N–H and O–H groups in total. The van der Waals surface area contributed by atoms with Gasteiger partial charge in [-0.1, -0.05) is 6.42 Å². The number of thioether (sulfide) groups is 1. The lowest BCUT2D eigenvalue weighted by molar-refractivity contribution is 0.0697. The van der Waals surface area contributed by atoms with E-state index in [1.807, 2.05) is 11.8 Å². The molecule has 1 aliphatic carbocycles. The molecule has 0 aliphatic heterocycles. The van der Waals surface area contributed by atoms with E-state index >= 15 is 0 Å². The fourth-order valence-electron chi connectivity index (χ4n) is 2.63. The zero-order valence-corrected chi connectivity index (χ0v) is 11.8. The first-order chi connectivity index (χ1) is 8.54. The number of nitrogens with one attached hydrogen (secondary N) is 1. The highest BCUT2D eigenvalue weighted by Gasteiger charge is 2.29. The van der Waals surface area contributed by atoms with Gasteiger partial charge in [-0.15, -0.1) is 0 Å². The topological polar surface area (TPSA) is 67.2 Å². The molecule has 2 unspecified atom stereocenters. The first kappa shape index (κ1) is 13.3. The lowest BCUT2D eigenvalue weighted by atomic mass is 10.2. The number of hydrogen-bond acceptors (Lipinski definition) is 4. The van der Waals surface area contributed by atoms with Crippen molar-refractivity contribution in [1.82, 2.24) is 9.78 Å². The zero-order chi connectivity index (χ0) is 13.3. The molecule has 0 radical (unpaired) electrons. The molecule has 0 bridgehead atoms. The van der Waals surface area contributed by atoms with Gasteiger partial charge < -0.3 is 10.4 Å². The van der Waals surface area contributed by atoms with Gasteiger partial charge in [-0.05, 0) is 26.0 Å². The molecule has 1 aromatic heterocycles. The van der Waals surface area contributed by atoms with Crippen LogP contribution < -0.4 is 5.32 Å². The maximum atomic E-state index is 11.3. The largest absolute Gasteiger partial charge is 0.477 e. The van der Waals surface area contributed by atoms with Crippen LogP contribution in [0.5, 0.6) is 0 Å². The fraction of sp³-hybridized carbons (Fsp3) is 0.667. The molecule has 2 atom stereocenters. The molecule has 1 saturated carbocycles. The average Bonchev–Trinajstić information content (AvgIpc) is 2.84. The number of aromatic nitrogens is 2. The molecule has 1 aliphatic rings. The van der Waals surface area contributed by atoms with Crippen LogP contribution in [-0.2, 0) is 7.05 Å². The predicted molar refractivity (Wildman–Crippen MR) is 73.5 cm³/mol. The van der Waals surface area contributed by atoms with Crippen LogP contribution in [0.25, 0.3) is 0 Å². The molecular weight excluding hydrogens is 250 g/mol. The van der Waals surface area contributed by atoms with E-state index in [2.05, 4.69) is 16.7 Å². The summed E-state index contributed by atoms with van der Waals surface area (Å²) in [4.78, 5) is 11.3. The van der Waals surface area contributed by atoms with E-state index in [0.29, 0.717) is 28.4 Å². The van der Waals surface area contributed by atoms with Crippen LogP contribution in [0.15, 0.2) is 0 Å². The summed E-state index contributed by atoms with van der Waals surface area (Å²) < 4.78 is 1.63. The molecule has 1 heterocycles. The van der Waals surface area contributed by atoms with Crippen molar-refractivity contribution in [3.05, 3.63) is 11.3 Å². The molecular formula is C12H19N3O2S. The smallest absolute Gasteiger partial charge is 0.341 e. The van der Waals surface area contributed by atoms with Gasteiger partial charge in [-0.2, -0.15) is 16.9 Å². The minimum Gasteiger partial charge on any atom is -0.477 e. The van der Waals surface area contributed by atoms with E-state index in [-0.39, 0.29) is 0 Å². The van der Waals surface area contributed by atoms with Gasteiger partial charge >= 0.3 is 5.97 Å². The Morgan fingerprint density at radius 3 is 2.89 bits per heavy atom. The van der Waals surface area contributed by atoms with Crippen LogP contribution in [0.2, 0.25) is 0 Å². The van der Waals surface area contributed by atoms with Crippen molar-refractivity contribution in [3.63, 3.8) is 0 Å². The van der Waals surface area contributed by atoms with Gasteiger partial charge in [0.1, 0.15) is 11.4 Å². The summed E-state index contributed by atoms with van der Waals surface area (Å²) in [5, 5.41) is 17.4. The van der Waals surface area contributed by atoms with Gasteiger partial charge in [0.25, 0.3) is 0 Å². The summed E-state index contributed by atoms with van der Waals surface area (Å²) in [7, 11) is 1.78. The average molecular weight is 269 g/mol. The van der Waals surface area contributed by atoms with Crippen molar-refractivity contribution in [2.75, 3.05) is 11.6 Å². The maximum Gasteiger partial charge on any atom is 0.341 e. The van der Waals surface area contributed by atoms with Gasteiger partial charge in [0.15, 0.2) is 0 Å². The van der Waals surface area contributed by atoms with Crippen LogP contribution in [0.4, 0.5) is 5.82 Å². The number of aromatic carboxylic acids is 1. The number of carbonyl (C=O) groups is 1. The summed E-state index contributed by atoms with van der Waals surface area (Å²) in [6.45, 7) is 1.73. The van der Waals surface area contributed by atoms with Crippen LogP contribution >= 0.6 is 11.8 Å². The van der Waals surface area contributed by atoms with Gasteiger partial charge in [-0.3, -0.25) is 4.68 Å². The van der Waals surface area contributed by atoms with Crippen LogP contribution in [0.3, 0.4) is 0 Å². The molecule has 0 amide bonds. The monoisotopic (exact) mass is 269 g/mol. The van der Waals surface area contributed by atoms with E-state index in [1.165, 1.54) is 12.8 Å². The van der Waals surface area contributed by atoms with E-state index < -0.39 is 5.97 Å². The van der Waals surface area contributed by atoms with Crippen molar-refractivity contribution in [2.45, 2.75) is 37.5 Å². The van der Waals surface area contributed by atoms with E-state index in [9.17, 15) is 9.90 Å². The predicted octanol–water partition coefficient (Wildman–Crippen LogP) is 2.12. The molecule has 6 heteroatoms. The second kappa shape index (κ2) is 5.22. The summed E-state index contributed by atoms with van der Waals surface area (Å²) in [5.41, 5.74) is 0.857. The third-order valence-corrected chi connectivity index (χ3v) is 4.68.